The number of benzene rings is 1. The minimum atomic E-state index is -0.309. The van der Waals surface area contributed by atoms with Gasteiger partial charge in [0.1, 0.15) is 5.82 Å². The van der Waals surface area contributed by atoms with Crippen LogP contribution in [0.25, 0.3) is 0 Å². The van der Waals surface area contributed by atoms with Crippen molar-refractivity contribution in [1.29, 1.82) is 0 Å². The molecule has 1 aromatic carbocycles. The second kappa shape index (κ2) is 6.82. The average molecular weight is 293 g/mol. The van der Waals surface area contributed by atoms with Crippen LogP contribution in [0, 0.1) is 12.7 Å². The Bertz CT molecular complexity index is 586. The normalized spacial score (nSPS) is 12.4. The zero-order chi connectivity index (χ0) is 14.5. The largest absolute Gasteiger partial charge is 0.305 e. The summed E-state index contributed by atoms with van der Waals surface area (Å²) < 4.78 is 14.2. The van der Waals surface area contributed by atoms with Gasteiger partial charge in [0, 0.05) is 16.8 Å². The molecule has 0 spiro atoms. The highest BCUT2D eigenvalue weighted by Crippen LogP contribution is 2.27. The van der Waals surface area contributed by atoms with E-state index in [0.717, 1.165) is 24.2 Å². The summed E-state index contributed by atoms with van der Waals surface area (Å²) in [6.07, 6.45) is 2.70. The Morgan fingerprint density at radius 1 is 1.35 bits per heavy atom. The number of aromatic nitrogens is 1. The van der Waals surface area contributed by atoms with Crippen molar-refractivity contribution in [2.75, 3.05) is 6.54 Å². The third kappa shape index (κ3) is 3.35. The van der Waals surface area contributed by atoms with Crippen LogP contribution in [-0.4, -0.2) is 11.5 Å². The van der Waals surface area contributed by atoms with Crippen molar-refractivity contribution in [2.24, 2.45) is 0 Å². The average Bonchev–Trinajstić information content (AvgIpc) is 2.42. The van der Waals surface area contributed by atoms with Crippen LogP contribution >= 0.6 is 11.6 Å². The molecular weight excluding hydrogens is 275 g/mol. The van der Waals surface area contributed by atoms with Gasteiger partial charge in [-0.3, -0.25) is 4.98 Å². The lowest BCUT2D eigenvalue weighted by Gasteiger charge is -2.21. The minimum Gasteiger partial charge on any atom is -0.305 e. The monoisotopic (exact) mass is 292 g/mol. The van der Waals surface area contributed by atoms with Crippen LogP contribution in [-0.2, 0) is 0 Å². The van der Waals surface area contributed by atoms with Crippen molar-refractivity contribution in [3.8, 4) is 0 Å². The number of hydrogen-bond donors (Lipinski definition) is 1. The van der Waals surface area contributed by atoms with Gasteiger partial charge >= 0.3 is 0 Å². The fourth-order valence-electron chi connectivity index (χ4n) is 2.18. The number of nitrogens with zero attached hydrogens (tertiary/aromatic N) is 1. The number of aryl methyl sites for hydroxylation is 1. The summed E-state index contributed by atoms with van der Waals surface area (Å²) in [6.45, 7) is 4.85. The minimum absolute atomic E-state index is 0.256. The summed E-state index contributed by atoms with van der Waals surface area (Å²) in [4.78, 5) is 4.41. The van der Waals surface area contributed by atoms with Crippen LogP contribution in [0.3, 0.4) is 0 Å². The molecule has 2 aromatic rings. The molecule has 2 rings (SSSR count). The third-order valence-corrected chi connectivity index (χ3v) is 3.43. The summed E-state index contributed by atoms with van der Waals surface area (Å²) in [5.74, 6) is -0.309. The molecule has 0 amide bonds. The van der Waals surface area contributed by atoms with Crippen LogP contribution in [0.4, 0.5) is 4.39 Å². The Labute approximate surface area is 124 Å². The van der Waals surface area contributed by atoms with Crippen molar-refractivity contribution >= 4 is 11.6 Å². The molecule has 1 unspecified atom stereocenters. The number of halogens is 2. The van der Waals surface area contributed by atoms with Gasteiger partial charge in [0.05, 0.1) is 11.7 Å². The molecule has 0 fully saturated rings. The molecule has 0 bridgehead atoms. The Morgan fingerprint density at radius 3 is 2.80 bits per heavy atom. The van der Waals surface area contributed by atoms with Crippen molar-refractivity contribution in [3.05, 3.63) is 64.2 Å². The first-order valence-corrected chi connectivity index (χ1v) is 7.11. The standard InChI is InChI=1S/C16H18ClFN2/c1-3-8-19-16(15-11(2)5-4-9-20-15)13-7-6-12(17)10-14(13)18/h4-7,9-10,16,19H,3,8H2,1-2H3. The smallest absolute Gasteiger partial charge is 0.129 e. The summed E-state index contributed by atoms with van der Waals surface area (Å²) in [7, 11) is 0. The van der Waals surface area contributed by atoms with E-state index in [0.29, 0.717) is 10.6 Å². The van der Waals surface area contributed by atoms with E-state index in [1.54, 1.807) is 18.3 Å². The van der Waals surface area contributed by atoms with E-state index >= 15 is 0 Å². The van der Waals surface area contributed by atoms with Gasteiger partial charge in [0.15, 0.2) is 0 Å². The predicted molar refractivity (Wildman–Crippen MR) is 80.5 cm³/mol. The Morgan fingerprint density at radius 2 is 2.15 bits per heavy atom. The molecule has 1 N–H and O–H groups in total. The topological polar surface area (TPSA) is 24.9 Å². The van der Waals surface area contributed by atoms with Gasteiger partial charge in [-0.2, -0.15) is 0 Å². The first-order valence-electron chi connectivity index (χ1n) is 6.73. The lowest BCUT2D eigenvalue weighted by atomic mass is 9.99. The van der Waals surface area contributed by atoms with Gasteiger partial charge in [0.2, 0.25) is 0 Å². The molecule has 4 heteroatoms. The molecule has 0 aliphatic rings. The van der Waals surface area contributed by atoms with E-state index in [4.69, 9.17) is 11.6 Å². The number of hydrogen-bond acceptors (Lipinski definition) is 2. The zero-order valence-electron chi connectivity index (χ0n) is 11.7. The van der Waals surface area contributed by atoms with Gasteiger partial charge < -0.3 is 5.32 Å². The van der Waals surface area contributed by atoms with E-state index in [1.165, 1.54) is 6.07 Å². The molecule has 106 valence electrons. The molecule has 0 radical (unpaired) electrons. The quantitative estimate of drug-likeness (QED) is 0.890. The molecule has 0 aliphatic carbocycles. The first kappa shape index (κ1) is 14.9. The summed E-state index contributed by atoms with van der Waals surface area (Å²) in [6, 6.07) is 8.38. The van der Waals surface area contributed by atoms with Crippen LogP contribution in [0.15, 0.2) is 36.5 Å². The molecule has 0 aliphatic heterocycles. The second-order valence-corrected chi connectivity index (χ2v) is 5.19. The van der Waals surface area contributed by atoms with Gasteiger partial charge in [-0.15, -0.1) is 0 Å². The molecule has 20 heavy (non-hydrogen) atoms. The highest BCUT2D eigenvalue weighted by Gasteiger charge is 2.20. The number of rotatable bonds is 5. The van der Waals surface area contributed by atoms with Crippen LogP contribution in [0.5, 0.6) is 0 Å². The van der Waals surface area contributed by atoms with Crippen LogP contribution in [0.2, 0.25) is 5.02 Å². The molecule has 0 saturated heterocycles. The molecule has 0 saturated carbocycles. The molecule has 1 heterocycles. The van der Waals surface area contributed by atoms with Crippen molar-refractivity contribution < 1.29 is 4.39 Å². The van der Waals surface area contributed by atoms with E-state index in [9.17, 15) is 4.39 Å². The number of nitrogens with one attached hydrogen (secondary N) is 1. The van der Waals surface area contributed by atoms with Gasteiger partial charge in [0.25, 0.3) is 0 Å². The fourth-order valence-corrected chi connectivity index (χ4v) is 2.34. The summed E-state index contributed by atoms with van der Waals surface area (Å²) in [5.41, 5.74) is 2.46. The summed E-state index contributed by atoms with van der Waals surface area (Å²) in [5, 5.41) is 3.76. The van der Waals surface area contributed by atoms with E-state index < -0.39 is 0 Å². The van der Waals surface area contributed by atoms with E-state index in [1.807, 2.05) is 19.1 Å². The van der Waals surface area contributed by atoms with Crippen molar-refractivity contribution in [1.82, 2.24) is 10.3 Å². The third-order valence-electron chi connectivity index (χ3n) is 3.20. The second-order valence-electron chi connectivity index (χ2n) is 4.76. The Hall–Kier alpha value is -1.45. The lowest BCUT2D eigenvalue weighted by molar-refractivity contribution is 0.538. The lowest BCUT2D eigenvalue weighted by Crippen LogP contribution is -2.25. The van der Waals surface area contributed by atoms with Gasteiger partial charge in [-0.25, -0.2) is 4.39 Å². The van der Waals surface area contributed by atoms with E-state index in [2.05, 4.69) is 17.2 Å². The maximum Gasteiger partial charge on any atom is 0.129 e. The molecular formula is C16H18ClFN2. The first-order chi connectivity index (χ1) is 9.63. The SMILES string of the molecule is CCCNC(c1ccc(Cl)cc1F)c1ncccc1C. The van der Waals surface area contributed by atoms with Gasteiger partial charge in [-0.1, -0.05) is 30.7 Å². The molecule has 1 aromatic heterocycles. The van der Waals surface area contributed by atoms with Crippen molar-refractivity contribution in [2.45, 2.75) is 26.3 Å². The molecule has 2 nitrogen and oxygen atoms in total. The zero-order valence-corrected chi connectivity index (χ0v) is 12.4. The highest BCUT2D eigenvalue weighted by atomic mass is 35.5. The van der Waals surface area contributed by atoms with Crippen LogP contribution < -0.4 is 5.32 Å². The predicted octanol–water partition coefficient (Wildman–Crippen LogP) is 4.27. The number of pyridine rings is 1. The van der Waals surface area contributed by atoms with E-state index in [-0.39, 0.29) is 11.9 Å². The Balaban J connectivity index is 2.44. The summed E-state index contributed by atoms with van der Waals surface area (Å²) >= 11 is 5.83. The van der Waals surface area contributed by atoms with Crippen LogP contribution in [0.1, 0.15) is 36.2 Å². The molecule has 1 atom stereocenters. The maximum atomic E-state index is 14.2. The Kier molecular flexibility index (Phi) is 5.10. The highest BCUT2D eigenvalue weighted by molar-refractivity contribution is 6.30. The maximum absolute atomic E-state index is 14.2. The van der Waals surface area contributed by atoms with Crippen molar-refractivity contribution in [3.63, 3.8) is 0 Å². The van der Waals surface area contributed by atoms with Gasteiger partial charge in [-0.05, 0) is 43.7 Å². The fraction of sp³-hybridized carbons (Fsp3) is 0.312.